The van der Waals surface area contributed by atoms with Crippen LogP contribution in [0.15, 0.2) is 24.3 Å². The first-order valence-electron chi connectivity index (χ1n) is 5.24. The minimum Gasteiger partial charge on any atom is -0.481 e. The Hall–Kier alpha value is -1.91. The molecule has 0 saturated carbocycles. The minimum atomic E-state index is -1.03. The van der Waals surface area contributed by atoms with Gasteiger partial charge in [-0.25, -0.2) is 4.39 Å². The number of carbonyl (C=O) groups excluding carboxylic acids is 1. The molecule has 1 N–H and O–H groups in total. The minimum absolute atomic E-state index is 0.0347. The number of likely N-dealkylation sites (tertiary alicyclic amines) is 1. The maximum Gasteiger partial charge on any atom is 0.309 e. The zero-order chi connectivity index (χ0) is 12.6. The van der Waals surface area contributed by atoms with E-state index in [0.29, 0.717) is 5.56 Å². The van der Waals surface area contributed by atoms with Gasteiger partial charge in [-0.3, -0.25) is 9.59 Å². The molecule has 2 atom stereocenters. The van der Waals surface area contributed by atoms with E-state index in [9.17, 15) is 14.0 Å². The van der Waals surface area contributed by atoms with Crippen LogP contribution in [0.1, 0.15) is 18.0 Å². The third-order valence-electron chi connectivity index (χ3n) is 3.09. The van der Waals surface area contributed by atoms with E-state index in [4.69, 9.17) is 5.11 Å². The lowest BCUT2D eigenvalue weighted by molar-refractivity contribution is -0.142. The molecule has 1 saturated heterocycles. The Labute approximate surface area is 97.7 Å². The number of carboxylic acids is 1. The van der Waals surface area contributed by atoms with Crippen LogP contribution in [0.3, 0.4) is 0 Å². The fourth-order valence-corrected chi connectivity index (χ4v) is 2.24. The van der Waals surface area contributed by atoms with Crippen molar-refractivity contribution in [1.29, 1.82) is 0 Å². The second-order valence-corrected chi connectivity index (χ2v) is 4.15. The Morgan fingerprint density at radius 3 is 2.82 bits per heavy atom. The largest absolute Gasteiger partial charge is 0.481 e. The van der Waals surface area contributed by atoms with Gasteiger partial charge in [-0.05, 0) is 17.7 Å². The Balaban J connectivity index is 2.40. The van der Waals surface area contributed by atoms with Crippen molar-refractivity contribution in [3.8, 4) is 0 Å². The molecular formula is C12H12FNO3. The first kappa shape index (κ1) is 11.6. The average molecular weight is 237 g/mol. The molecule has 0 spiro atoms. The fourth-order valence-electron chi connectivity index (χ4n) is 2.24. The van der Waals surface area contributed by atoms with Crippen LogP contribution in [0, 0.1) is 11.7 Å². The van der Waals surface area contributed by atoms with E-state index in [2.05, 4.69) is 0 Å². The Bertz CT molecular complexity index is 475. The van der Waals surface area contributed by atoms with E-state index >= 15 is 0 Å². The number of hydrogen-bond acceptors (Lipinski definition) is 2. The van der Waals surface area contributed by atoms with Crippen molar-refractivity contribution >= 4 is 11.9 Å². The highest BCUT2D eigenvalue weighted by Crippen LogP contribution is 2.37. The van der Waals surface area contributed by atoms with Gasteiger partial charge in [0.05, 0.1) is 12.0 Å². The van der Waals surface area contributed by atoms with Gasteiger partial charge < -0.3 is 10.0 Å². The Morgan fingerprint density at radius 2 is 2.24 bits per heavy atom. The molecule has 2 rings (SSSR count). The summed E-state index contributed by atoms with van der Waals surface area (Å²) in [7, 11) is 1.54. The predicted molar refractivity (Wildman–Crippen MR) is 57.7 cm³/mol. The molecule has 1 amide bonds. The van der Waals surface area contributed by atoms with Crippen LogP contribution in [0.2, 0.25) is 0 Å². The number of benzene rings is 1. The number of hydrogen-bond donors (Lipinski definition) is 1. The summed E-state index contributed by atoms with van der Waals surface area (Å²) in [6.45, 7) is 0. The molecule has 5 heteroatoms. The Morgan fingerprint density at radius 1 is 1.53 bits per heavy atom. The standard InChI is InChI=1S/C12H12FNO3/c1-14-10(15)6-9(12(16)17)11(14)7-3-2-4-8(13)5-7/h2-5,9,11H,6H2,1H3,(H,16,17)/t9-,11-/m1/s1. The van der Waals surface area contributed by atoms with E-state index in [-0.39, 0.29) is 12.3 Å². The van der Waals surface area contributed by atoms with Crippen LogP contribution in [0.25, 0.3) is 0 Å². The average Bonchev–Trinajstić information content (AvgIpc) is 2.56. The van der Waals surface area contributed by atoms with E-state index in [1.807, 2.05) is 0 Å². The molecular weight excluding hydrogens is 225 g/mol. The summed E-state index contributed by atoms with van der Waals surface area (Å²) in [5, 5.41) is 9.08. The smallest absolute Gasteiger partial charge is 0.309 e. The normalized spacial score (nSPS) is 24.1. The molecule has 0 unspecified atom stereocenters. The van der Waals surface area contributed by atoms with Crippen molar-refractivity contribution in [2.75, 3.05) is 7.05 Å². The molecule has 1 aliphatic rings. The highest BCUT2D eigenvalue weighted by Gasteiger charge is 2.42. The summed E-state index contributed by atoms with van der Waals surface area (Å²) in [5.41, 5.74) is 0.519. The molecule has 0 aromatic heterocycles. The molecule has 0 bridgehead atoms. The van der Waals surface area contributed by atoms with Crippen LogP contribution >= 0.6 is 0 Å². The molecule has 1 aromatic rings. The van der Waals surface area contributed by atoms with Gasteiger partial charge in [-0.1, -0.05) is 12.1 Å². The number of rotatable bonds is 2. The molecule has 1 heterocycles. The summed E-state index contributed by atoms with van der Waals surface area (Å²) in [6, 6.07) is 5.13. The molecule has 90 valence electrons. The molecule has 0 radical (unpaired) electrons. The van der Waals surface area contributed by atoms with Gasteiger partial charge in [0.2, 0.25) is 5.91 Å². The maximum absolute atomic E-state index is 13.1. The lowest BCUT2D eigenvalue weighted by Crippen LogP contribution is -2.26. The van der Waals surface area contributed by atoms with Crippen LogP contribution in [-0.2, 0) is 9.59 Å². The number of nitrogens with zero attached hydrogens (tertiary/aromatic N) is 1. The molecule has 1 aromatic carbocycles. The first-order chi connectivity index (χ1) is 8.00. The van der Waals surface area contributed by atoms with Crippen molar-refractivity contribution in [1.82, 2.24) is 4.90 Å². The zero-order valence-electron chi connectivity index (χ0n) is 9.26. The lowest BCUT2D eigenvalue weighted by atomic mass is 9.94. The number of carbonyl (C=O) groups is 2. The predicted octanol–water partition coefficient (Wildman–Crippen LogP) is 1.43. The van der Waals surface area contributed by atoms with Gasteiger partial charge in [-0.15, -0.1) is 0 Å². The highest BCUT2D eigenvalue weighted by atomic mass is 19.1. The van der Waals surface area contributed by atoms with Crippen molar-refractivity contribution in [3.05, 3.63) is 35.6 Å². The van der Waals surface area contributed by atoms with Gasteiger partial charge in [-0.2, -0.15) is 0 Å². The first-order valence-corrected chi connectivity index (χ1v) is 5.24. The van der Waals surface area contributed by atoms with Gasteiger partial charge in [0.15, 0.2) is 0 Å². The second-order valence-electron chi connectivity index (χ2n) is 4.15. The molecule has 0 aliphatic carbocycles. The molecule has 17 heavy (non-hydrogen) atoms. The number of carboxylic acid groups (broad SMARTS) is 1. The monoisotopic (exact) mass is 237 g/mol. The van der Waals surface area contributed by atoms with E-state index in [1.165, 1.54) is 23.1 Å². The van der Waals surface area contributed by atoms with Crippen molar-refractivity contribution < 1.29 is 19.1 Å². The van der Waals surface area contributed by atoms with Crippen molar-refractivity contribution in [2.24, 2.45) is 5.92 Å². The summed E-state index contributed by atoms with van der Waals surface area (Å²) in [5.74, 6) is -2.50. The quantitative estimate of drug-likeness (QED) is 0.846. The summed E-state index contributed by atoms with van der Waals surface area (Å²) in [6.07, 6.45) is -0.0347. The maximum atomic E-state index is 13.1. The van der Waals surface area contributed by atoms with Crippen LogP contribution in [-0.4, -0.2) is 28.9 Å². The molecule has 1 fully saturated rings. The van der Waals surface area contributed by atoms with Gasteiger partial charge in [0.1, 0.15) is 5.82 Å². The number of amides is 1. The van der Waals surface area contributed by atoms with E-state index in [1.54, 1.807) is 13.1 Å². The topological polar surface area (TPSA) is 57.6 Å². The summed E-state index contributed by atoms with van der Waals surface area (Å²) >= 11 is 0. The van der Waals surface area contributed by atoms with Crippen molar-refractivity contribution in [2.45, 2.75) is 12.5 Å². The molecule has 4 nitrogen and oxygen atoms in total. The van der Waals surface area contributed by atoms with Gasteiger partial charge in [0.25, 0.3) is 0 Å². The fraction of sp³-hybridized carbons (Fsp3) is 0.333. The van der Waals surface area contributed by atoms with E-state index in [0.717, 1.165) is 0 Å². The van der Waals surface area contributed by atoms with Crippen molar-refractivity contribution in [3.63, 3.8) is 0 Å². The van der Waals surface area contributed by atoms with E-state index < -0.39 is 23.7 Å². The number of halogens is 1. The zero-order valence-corrected chi connectivity index (χ0v) is 9.26. The summed E-state index contributed by atoms with van der Waals surface area (Å²) < 4.78 is 13.1. The van der Waals surface area contributed by atoms with Crippen LogP contribution < -0.4 is 0 Å². The van der Waals surface area contributed by atoms with Gasteiger partial charge >= 0.3 is 5.97 Å². The van der Waals surface area contributed by atoms with Gasteiger partial charge in [0, 0.05) is 13.5 Å². The third kappa shape index (κ3) is 2.00. The lowest BCUT2D eigenvalue weighted by Gasteiger charge is -2.23. The van der Waals surface area contributed by atoms with Crippen LogP contribution in [0.4, 0.5) is 4.39 Å². The summed E-state index contributed by atoms with van der Waals surface area (Å²) in [4.78, 5) is 24.0. The van der Waals surface area contributed by atoms with Crippen LogP contribution in [0.5, 0.6) is 0 Å². The number of aliphatic carboxylic acids is 1. The third-order valence-corrected chi connectivity index (χ3v) is 3.09. The highest BCUT2D eigenvalue weighted by molar-refractivity contribution is 5.87. The second kappa shape index (κ2) is 4.16. The molecule has 1 aliphatic heterocycles. The SMILES string of the molecule is CN1C(=O)C[C@@H](C(=O)O)[C@H]1c1cccc(F)c1. The Kier molecular flexibility index (Phi) is 2.83.